The van der Waals surface area contributed by atoms with Crippen molar-refractivity contribution in [2.75, 3.05) is 26.3 Å². The lowest BCUT2D eigenvalue weighted by molar-refractivity contribution is -0.387. The zero-order valence-electron chi connectivity index (χ0n) is 39.0. The third kappa shape index (κ3) is 10.5. The lowest BCUT2D eigenvalue weighted by Gasteiger charge is -2.57. The maximum Gasteiger partial charge on any atom is 0.289 e. The van der Waals surface area contributed by atoms with Crippen molar-refractivity contribution >= 4 is 50.3 Å². The van der Waals surface area contributed by atoms with Crippen LogP contribution in [0.2, 0.25) is 5.04 Å². The van der Waals surface area contributed by atoms with Crippen LogP contribution in [0.5, 0.6) is 0 Å². The molecule has 0 bridgehead atoms. The molecule has 0 aliphatic carbocycles. The van der Waals surface area contributed by atoms with Crippen LogP contribution in [0.15, 0.2) is 210 Å². The number of benzene rings is 7. The summed E-state index contributed by atoms with van der Waals surface area (Å²) in [6.07, 6.45) is -0.596. The molecule has 4 atom stereocenters. The average Bonchev–Trinajstić information content (AvgIpc) is 3.36. The normalized spacial score (nSPS) is 17.2. The highest BCUT2D eigenvalue weighted by Crippen LogP contribution is 2.46. The summed E-state index contributed by atoms with van der Waals surface area (Å²) in [5.74, 6) is -0.299. The molecule has 1 saturated heterocycles. The lowest BCUT2D eigenvalue weighted by atomic mass is 9.74. The summed E-state index contributed by atoms with van der Waals surface area (Å²) in [4.78, 5) is 13.1. The first-order valence-corrected chi connectivity index (χ1v) is 27.4. The molecule has 7 aromatic rings. The number of halogens is 1. The molecule has 356 valence electrons. The second-order valence-electron chi connectivity index (χ2n) is 18.5. The molecule has 0 spiro atoms. The van der Waals surface area contributed by atoms with Gasteiger partial charge in [-0.2, -0.15) is 0 Å². The van der Waals surface area contributed by atoms with Crippen LogP contribution in [0, 0.1) is 10.1 Å². The maximum atomic E-state index is 14.1. The summed E-state index contributed by atoms with van der Waals surface area (Å²) in [5.41, 5.74) is 2.18. The summed E-state index contributed by atoms with van der Waals surface area (Å²) >= 11 is 3.60. The van der Waals surface area contributed by atoms with Crippen LogP contribution in [0.3, 0.4) is 0 Å². The maximum absolute atomic E-state index is 14.1. The fraction of sp³-hybridized carbons (Fsp3) is 0.250. The van der Waals surface area contributed by atoms with Crippen molar-refractivity contribution in [3.05, 3.63) is 237 Å². The largest absolute Gasteiger partial charge is 0.407 e. The number of aliphatic hydroxyl groups excluding tert-OH is 1. The molecule has 0 radical (unpaired) electrons. The molecular weight excluding hydrogens is 967 g/mol. The van der Waals surface area contributed by atoms with E-state index in [9.17, 15) is 23.6 Å². The van der Waals surface area contributed by atoms with Crippen LogP contribution < -0.4 is 15.1 Å². The number of sulfonamides is 1. The van der Waals surface area contributed by atoms with Crippen LogP contribution in [0.1, 0.15) is 55.4 Å². The first-order chi connectivity index (χ1) is 33.3. The smallest absolute Gasteiger partial charge is 0.289 e. The van der Waals surface area contributed by atoms with Gasteiger partial charge >= 0.3 is 0 Å². The van der Waals surface area contributed by atoms with E-state index >= 15 is 0 Å². The number of ether oxygens (including phenoxy) is 1. The van der Waals surface area contributed by atoms with Gasteiger partial charge in [-0.1, -0.05) is 213 Å². The summed E-state index contributed by atoms with van der Waals surface area (Å²) in [5, 5.41) is 26.3. The van der Waals surface area contributed by atoms with Gasteiger partial charge in [-0.05, 0) is 62.3 Å². The SMILES string of the molecule is CC(C)(C)[Si](OCCC(O)CN1[C@H](COC(c2ccccc2)(c2ccccc2)c2ccccc2)[C@H](c2ccc(Br)cc2)[C@@H]1CNS(=O)(=O)c1ccccc1[N+](=O)[O-])(c1ccccc1)c1ccccc1. The second-order valence-corrected chi connectivity index (χ2v) is 25.5. The van der Waals surface area contributed by atoms with Crippen LogP contribution >= 0.6 is 15.9 Å². The van der Waals surface area contributed by atoms with E-state index in [4.69, 9.17) is 9.16 Å². The van der Waals surface area contributed by atoms with Crippen molar-refractivity contribution < 1.29 is 27.6 Å². The van der Waals surface area contributed by atoms with E-state index in [1.165, 1.54) is 24.3 Å². The zero-order valence-corrected chi connectivity index (χ0v) is 42.4. The van der Waals surface area contributed by atoms with Crippen molar-refractivity contribution in [2.45, 2.75) is 66.8 Å². The van der Waals surface area contributed by atoms with Gasteiger partial charge in [0.1, 0.15) is 5.60 Å². The molecule has 0 aromatic heterocycles. The third-order valence-electron chi connectivity index (χ3n) is 13.4. The van der Waals surface area contributed by atoms with Crippen molar-refractivity contribution in [3.8, 4) is 0 Å². The van der Waals surface area contributed by atoms with Crippen LogP contribution in [0.4, 0.5) is 5.69 Å². The van der Waals surface area contributed by atoms with E-state index in [-0.39, 0.29) is 43.3 Å². The molecule has 69 heavy (non-hydrogen) atoms. The van der Waals surface area contributed by atoms with E-state index in [1.54, 1.807) is 0 Å². The van der Waals surface area contributed by atoms with E-state index in [0.717, 1.165) is 37.1 Å². The van der Waals surface area contributed by atoms with Crippen molar-refractivity contribution in [2.24, 2.45) is 0 Å². The van der Waals surface area contributed by atoms with Crippen molar-refractivity contribution in [1.82, 2.24) is 9.62 Å². The Morgan fingerprint density at radius 3 is 1.64 bits per heavy atom. The quantitative estimate of drug-likeness (QED) is 0.0334. The highest BCUT2D eigenvalue weighted by molar-refractivity contribution is 9.10. The molecule has 1 unspecified atom stereocenters. The highest BCUT2D eigenvalue weighted by atomic mass is 79.9. The average molecular weight is 1030 g/mol. The number of nitro benzene ring substituents is 1. The number of β-amino-alcohol motifs (C(OH)–C–C–N with tert-alkyl or cyclic N) is 1. The van der Waals surface area contributed by atoms with Crippen LogP contribution in [-0.4, -0.2) is 76.2 Å². The van der Waals surface area contributed by atoms with Crippen LogP contribution in [0.25, 0.3) is 0 Å². The summed E-state index contributed by atoms with van der Waals surface area (Å²) < 4.78 is 46.4. The molecule has 10 nitrogen and oxygen atoms in total. The van der Waals surface area contributed by atoms with E-state index in [1.807, 2.05) is 115 Å². The summed E-state index contributed by atoms with van der Waals surface area (Å²) in [6.45, 7) is 7.18. The van der Waals surface area contributed by atoms with Crippen molar-refractivity contribution in [1.29, 1.82) is 0 Å². The van der Waals surface area contributed by atoms with Gasteiger partial charge in [0, 0.05) is 48.2 Å². The molecule has 7 aromatic carbocycles. The number of likely N-dealkylation sites (tertiary alicyclic amines) is 1. The molecule has 1 heterocycles. The Hall–Kier alpha value is -5.61. The molecular formula is C56H58BrN3O7SSi. The van der Waals surface area contributed by atoms with E-state index in [0.29, 0.717) is 6.42 Å². The Balaban J connectivity index is 1.16. The van der Waals surface area contributed by atoms with Gasteiger partial charge in [0.05, 0.1) is 17.6 Å². The number of rotatable bonds is 20. The summed E-state index contributed by atoms with van der Waals surface area (Å²) in [7, 11) is -7.28. The molecule has 8 rings (SSSR count). The van der Waals surface area contributed by atoms with E-state index < -0.39 is 51.6 Å². The van der Waals surface area contributed by atoms with Gasteiger partial charge in [0.2, 0.25) is 10.0 Å². The molecule has 0 saturated carbocycles. The number of hydrogen-bond acceptors (Lipinski definition) is 8. The molecule has 13 heteroatoms. The topological polar surface area (TPSA) is 131 Å². The minimum atomic E-state index is -4.36. The molecule has 2 N–H and O–H groups in total. The monoisotopic (exact) mass is 1020 g/mol. The van der Waals surface area contributed by atoms with Gasteiger partial charge in [-0.25, -0.2) is 13.1 Å². The van der Waals surface area contributed by atoms with Gasteiger partial charge in [-0.3, -0.25) is 15.0 Å². The Morgan fingerprint density at radius 2 is 1.16 bits per heavy atom. The fourth-order valence-electron chi connectivity index (χ4n) is 10.2. The zero-order chi connectivity index (χ0) is 48.7. The number of hydrogen-bond donors (Lipinski definition) is 2. The predicted octanol–water partition coefficient (Wildman–Crippen LogP) is 9.81. The third-order valence-corrected chi connectivity index (χ3v) is 20.4. The summed E-state index contributed by atoms with van der Waals surface area (Å²) in [6, 6.07) is 63.6. The first-order valence-electron chi connectivity index (χ1n) is 23.2. The first kappa shape index (κ1) is 49.8. The molecule has 1 aliphatic heterocycles. The standard InChI is InChI=1S/C56H58BrN3O7SSi/c1-55(2,3)69(48-27-15-7-16-28-48,49-29-17-8-18-30-49)67-38-37-47(61)40-59-51(39-58-68(64,65)53-32-20-19-31-50(53)60(62)63)54(42-33-35-46(57)36-34-42)52(59)41-66-56(43-21-9-4-10-22-43,44-23-11-5-12-24-44)45-25-13-6-14-26-45/h4-36,47,51-52,54,58,61H,37-41H2,1-3H3/t47?,51-,52+,54+/m0/s1. The van der Waals surface area contributed by atoms with Gasteiger partial charge < -0.3 is 14.3 Å². The fourth-order valence-corrected chi connectivity index (χ4v) is 16.3. The Labute approximate surface area is 415 Å². The van der Waals surface area contributed by atoms with Crippen molar-refractivity contribution in [3.63, 3.8) is 0 Å². The number of nitrogens with one attached hydrogen (secondary N) is 1. The number of nitrogens with zero attached hydrogens (tertiary/aromatic N) is 2. The van der Waals surface area contributed by atoms with Crippen LogP contribution in [-0.2, 0) is 24.8 Å². The molecule has 0 amide bonds. The highest BCUT2D eigenvalue weighted by Gasteiger charge is 2.53. The second kappa shape index (κ2) is 21.6. The van der Waals surface area contributed by atoms with Gasteiger partial charge in [-0.15, -0.1) is 0 Å². The number of nitro groups is 1. The number of aliphatic hydroxyl groups is 1. The van der Waals surface area contributed by atoms with Gasteiger partial charge in [0.25, 0.3) is 14.0 Å². The molecule has 1 aliphatic rings. The predicted molar refractivity (Wildman–Crippen MR) is 279 cm³/mol. The Bertz CT molecular complexity index is 2740. The minimum Gasteiger partial charge on any atom is -0.407 e. The lowest BCUT2D eigenvalue weighted by Crippen LogP contribution is -2.68. The van der Waals surface area contributed by atoms with Gasteiger partial charge in [0.15, 0.2) is 4.90 Å². The molecule has 1 fully saturated rings. The minimum absolute atomic E-state index is 0.0991. The van der Waals surface area contributed by atoms with E-state index in [2.05, 4.69) is 107 Å². The number of para-hydroxylation sites is 1. The Morgan fingerprint density at radius 1 is 0.696 bits per heavy atom. The Kier molecular flexibility index (Phi) is 15.6.